The van der Waals surface area contributed by atoms with Crippen LogP contribution >= 0.6 is 23.1 Å². The molecule has 1 amide bonds. The first kappa shape index (κ1) is 20.5. The highest BCUT2D eigenvalue weighted by Gasteiger charge is 2.13. The summed E-state index contributed by atoms with van der Waals surface area (Å²) in [7, 11) is -3.81. The Balaban J connectivity index is 2.12. The van der Waals surface area contributed by atoms with Gasteiger partial charge in [-0.1, -0.05) is 30.4 Å². The number of nitrogens with two attached hydrogens (primary N) is 1. The summed E-state index contributed by atoms with van der Waals surface area (Å²) in [4.78, 5) is 18.5. The molecule has 1 aromatic heterocycles. The van der Waals surface area contributed by atoms with Crippen molar-refractivity contribution in [3.8, 4) is 0 Å². The molecule has 0 aliphatic carbocycles. The third-order valence-electron chi connectivity index (χ3n) is 3.88. The molecule has 3 rings (SSSR count). The van der Waals surface area contributed by atoms with Crippen LogP contribution in [0.25, 0.3) is 10.2 Å². The van der Waals surface area contributed by atoms with Crippen molar-refractivity contribution in [1.29, 1.82) is 0 Å². The Morgan fingerprint density at radius 3 is 2.79 bits per heavy atom. The highest BCUT2D eigenvalue weighted by molar-refractivity contribution is 7.99. The number of hydrogen-bond donors (Lipinski definition) is 1. The zero-order valence-corrected chi connectivity index (χ0v) is 17.6. The van der Waals surface area contributed by atoms with Crippen LogP contribution in [-0.2, 0) is 16.6 Å². The second-order valence-corrected chi connectivity index (χ2v) is 9.74. The smallest absolute Gasteiger partial charge is 0.279 e. The molecule has 9 heteroatoms. The number of fused-ring (bicyclic) bond motifs is 1. The minimum absolute atomic E-state index is 0.0224. The van der Waals surface area contributed by atoms with E-state index in [9.17, 15) is 13.2 Å². The molecule has 0 bridgehead atoms. The SMILES string of the molecule is C=CCn1c(=NC(=O)c2cccc(SCC)c2)sc2cc(S(N)(=O)=O)ccc21. The van der Waals surface area contributed by atoms with Crippen molar-refractivity contribution in [1.82, 2.24) is 4.57 Å². The number of hydrogen-bond acceptors (Lipinski definition) is 5. The number of carbonyl (C=O) groups excluding carboxylic acids is 1. The summed E-state index contributed by atoms with van der Waals surface area (Å²) in [6, 6.07) is 12.0. The molecule has 0 atom stereocenters. The van der Waals surface area contributed by atoms with E-state index in [1.165, 1.54) is 23.5 Å². The van der Waals surface area contributed by atoms with Crippen molar-refractivity contribution in [2.45, 2.75) is 23.3 Å². The molecule has 0 saturated heterocycles. The molecule has 146 valence electrons. The molecule has 0 saturated carbocycles. The van der Waals surface area contributed by atoms with Gasteiger partial charge in [0.25, 0.3) is 5.91 Å². The summed E-state index contributed by atoms with van der Waals surface area (Å²) in [5, 5.41) is 5.22. The number of rotatable bonds is 6. The van der Waals surface area contributed by atoms with Crippen LogP contribution in [0.2, 0.25) is 0 Å². The van der Waals surface area contributed by atoms with Gasteiger partial charge in [-0.15, -0.1) is 18.3 Å². The quantitative estimate of drug-likeness (QED) is 0.476. The molecule has 0 spiro atoms. The first-order chi connectivity index (χ1) is 13.3. The van der Waals surface area contributed by atoms with Gasteiger partial charge in [-0.3, -0.25) is 4.79 Å². The van der Waals surface area contributed by atoms with Crippen LogP contribution in [0, 0.1) is 0 Å². The van der Waals surface area contributed by atoms with E-state index in [1.54, 1.807) is 30.0 Å². The highest BCUT2D eigenvalue weighted by atomic mass is 32.2. The lowest BCUT2D eigenvalue weighted by Crippen LogP contribution is -2.16. The van der Waals surface area contributed by atoms with Gasteiger partial charge in [0.05, 0.1) is 15.1 Å². The van der Waals surface area contributed by atoms with Crippen LogP contribution < -0.4 is 9.94 Å². The third-order valence-corrected chi connectivity index (χ3v) is 6.71. The predicted octanol–water partition coefficient (Wildman–Crippen LogP) is 3.39. The highest BCUT2D eigenvalue weighted by Crippen LogP contribution is 2.22. The predicted molar refractivity (Wildman–Crippen MR) is 114 cm³/mol. The van der Waals surface area contributed by atoms with Gasteiger partial charge in [0, 0.05) is 17.0 Å². The number of amides is 1. The number of carbonyl (C=O) groups is 1. The Kier molecular flexibility index (Phi) is 6.19. The van der Waals surface area contributed by atoms with Crippen LogP contribution in [-0.4, -0.2) is 24.6 Å². The molecule has 2 N–H and O–H groups in total. The molecule has 0 unspecified atom stereocenters. The number of thioether (sulfide) groups is 1. The van der Waals surface area contributed by atoms with E-state index in [4.69, 9.17) is 5.14 Å². The molecular weight excluding hydrogens is 414 g/mol. The number of nitrogens with zero attached hydrogens (tertiary/aromatic N) is 2. The Hall–Kier alpha value is -2.20. The van der Waals surface area contributed by atoms with E-state index in [-0.39, 0.29) is 10.8 Å². The molecule has 1 heterocycles. The van der Waals surface area contributed by atoms with Crippen molar-refractivity contribution in [3.63, 3.8) is 0 Å². The standard InChI is InChI=1S/C19H19N3O3S3/c1-3-10-22-16-9-8-15(28(20,24)25)12-17(16)27-19(22)21-18(23)13-6-5-7-14(11-13)26-4-2/h3,5-9,11-12H,1,4,10H2,2H3,(H2,20,24,25). The van der Waals surface area contributed by atoms with Crippen LogP contribution in [0.5, 0.6) is 0 Å². The molecule has 2 aromatic carbocycles. The fraction of sp³-hybridized carbons (Fsp3) is 0.158. The lowest BCUT2D eigenvalue weighted by Gasteiger charge is -2.03. The Morgan fingerprint density at radius 1 is 1.32 bits per heavy atom. The monoisotopic (exact) mass is 433 g/mol. The molecule has 0 aliphatic heterocycles. The van der Waals surface area contributed by atoms with E-state index in [2.05, 4.69) is 18.5 Å². The van der Waals surface area contributed by atoms with Gasteiger partial charge in [-0.2, -0.15) is 4.99 Å². The van der Waals surface area contributed by atoms with E-state index in [1.807, 2.05) is 22.8 Å². The van der Waals surface area contributed by atoms with Crippen molar-refractivity contribution in [3.05, 3.63) is 65.5 Å². The molecule has 28 heavy (non-hydrogen) atoms. The van der Waals surface area contributed by atoms with Gasteiger partial charge >= 0.3 is 0 Å². The Morgan fingerprint density at radius 2 is 2.11 bits per heavy atom. The number of thiazole rings is 1. The van der Waals surface area contributed by atoms with Gasteiger partial charge in [0.15, 0.2) is 4.80 Å². The zero-order chi connectivity index (χ0) is 20.3. The molecular formula is C19H19N3O3S3. The number of benzene rings is 2. The second kappa shape index (κ2) is 8.44. The normalized spacial score (nSPS) is 12.4. The van der Waals surface area contributed by atoms with Gasteiger partial charge < -0.3 is 4.57 Å². The second-order valence-electron chi connectivity index (χ2n) is 5.84. The first-order valence-corrected chi connectivity index (χ1v) is 11.8. The summed E-state index contributed by atoms with van der Waals surface area (Å²) in [6.07, 6.45) is 1.70. The number of allylic oxidation sites excluding steroid dienone is 1. The van der Waals surface area contributed by atoms with Crippen LogP contribution in [0.3, 0.4) is 0 Å². The molecule has 0 fully saturated rings. The topological polar surface area (TPSA) is 94.5 Å². The molecule has 0 radical (unpaired) electrons. The lowest BCUT2D eigenvalue weighted by molar-refractivity contribution is 0.0997. The number of sulfonamides is 1. The molecule has 3 aromatic rings. The average Bonchev–Trinajstić information content (AvgIpc) is 2.98. The minimum atomic E-state index is -3.81. The van der Waals surface area contributed by atoms with Crippen LogP contribution in [0.1, 0.15) is 17.3 Å². The summed E-state index contributed by atoms with van der Waals surface area (Å²) < 4.78 is 25.7. The van der Waals surface area contributed by atoms with Gasteiger partial charge in [0.2, 0.25) is 10.0 Å². The lowest BCUT2D eigenvalue weighted by atomic mass is 10.2. The fourth-order valence-electron chi connectivity index (χ4n) is 2.66. The Labute approximate surface area is 171 Å². The molecule has 0 aliphatic rings. The third kappa shape index (κ3) is 4.44. The Bertz CT molecular complexity index is 1220. The summed E-state index contributed by atoms with van der Waals surface area (Å²) in [5.74, 6) is 0.561. The van der Waals surface area contributed by atoms with Gasteiger partial charge in [-0.25, -0.2) is 13.6 Å². The number of primary sulfonamides is 1. The van der Waals surface area contributed by atoms with E-state index in [0.29, 0.717) is 21.6 Å². The van der Waals surface area contributed by atoms with Gasteiger partial charge in [0.1, 0.15) is 0 Å². The zero-order valence-electron chi connectivity index (χ0n) is 15.2. The van der Waals surface area contributed by atoms with Gasteiger partial charge in [-0.05, 0) is 42.2 Å². The largest absolute Gasteiger partial charge is 0.312 e. The minimum Gasteiger partial charge on any atom is -0.312 e. The van der Waals surface area contributed by atoms with Crippen molar-refractivity contribution < 1.29 is 13.2 Å². The van der Waals surface area contributed by atoms with Crippen molar-refractivity contribution in [2.24, 2.45) is 10.1 Å². The van der Waals surface area contributed by atoms with E-state index < -0.39 is 10.0 Å². The van der Waals surface area contributed by atoms with E-state index >= 15 is 0 Å². The van der Waals surface area contributed by atoms with Crippen LogP contribution in [0.15, 0.2) is 69.9 Å². The van der Waals surface area contributed by atoms with Crippen molar-refractivity contribution >= 4 is 49.2 Å². The number of aromatic nitrogens is 1. The van der Waals surface area contributed by atoms with Crippen LogP contribution in [0.4, 0.5) is 0 Å². The molecule has 6 nitrogen and oxygen atoms in total. The average molecular weight is 434 g/mol. The summed E-state index contributed by atoms with van der Waals surface area (Å²) >= 11 is 2.89. The van der Waals surface area contributed by atoms with E-state index in [0.717, 1.165) is 16.2 Å². The first-order valence-electron chi connectivity index (χ1n) is 8.42. The maximum absolute atomic E-state index is 12.7. The maximum Gasteiger partial charge on any atom is 0.279 e. The van der Waals surface area contributed by atoms with Crippen molar-refractivity contribution in [2.75, 3.05) is 5.75 Å². The summed E-state index contributed by atoms with van der Waals surface area (Å²) in [5.41, 5.74) is 1.27. The summed E-state index contributed by atoms with van der Waals surface area (Å²) in [6.45, 7) is 6.24. The maximum atomic E-state index is 12.7. The fourth-order valence-corrected chi connectivity index (χ4v) is 5.07.